The number of aliphatic hydroxyl groups is 1. The van der Waals surface area contributed by atoms with E-state index in [1.54, 1.807) is 0 Å². The topological polar surface area (TPSA) is 50.1 Å². The van der Waals surface area contributed by atoms with Crippen molar-refractivity contribution in [1.29, 1.82) is 0 Å². The van der Waals surface area contributed by atoms with Crippen LogP contribution in [0.5, 0.6) is 0 Å². The summed E-state index contributed by atoms with van der Waals surface area (Å²) in [6.07, 6.45) is 5.78. The second-order valence-corrected chi connectivity index (χ2v) is 3.36. The lowest BCUT2D eigenvalue weighted by atomic mass is 10.4. The van der Waals surface area contributed by atoms with Gasteiger partial charge in [0.25, 0.3) is 0 Å². The van der Waals surface area contributed by atoms with Crippen LogP contribution in [0, 0.1) is 0 Å². The molecule has 1 aromatic heterocycles. The molecule has 0 aromatic carbocycles. The number of nitrogens with one attached hydrogen (secondary N) is 1. The Kier molecular flexibility index (Phi) is 5.25. The van der Waals surface area contributed by atoms with E-state index in [2.05, 4.69) is 17.2 Å². The quantitative estimate of drug-likeness (QED) is 0.635. The number of aromatic nitrogens is 2. The molecule has 0 saturated heterocycles. The third kappa shape index (κ3) is 3.89. The molecular weight excluding hydrogens is 178 g/mol. The molecule has 0 aliphatic heterocycles. The number of aryl methyl sites for hydroxylation is 1. The summed E-state index contributed by atoms with van der Waals surface area (Å²) >= 11 is 0. The van der Waals surface area contributed by atoms with E-state index >= 15 is 0 Å². The first-order valence-corrected chi connectivity index (χ1v) is 5.19. The molecule has 0 aliphatic carbocycles. The second-order valence-electron chi connectivity index (χ2n) is 3.36. The molecule has 0 radical (unpaired) electrons. The van der Waals surface area contributed by atoms with Gasteiger partial charge in [0.15, 0.2) is 0 Å². The molecule has 1 heterocycles. The van der Waals surface area contributed by atoms with Crippen LogP contribution in [-0.4, -0.2) is 27.8 Å². The Bertz CT molecular complexity index is 247. The van der Waals surface area contributed by atoms with Crippen molar-refractivity contribution in [2.24, 2.45) is 0 Å². The maximum Gasteiger partial charge on any atom is 0.0949 e. The van der Waals surface area contributed by atoms with E-state index in [0.717, 1.165) is 38.2 Å². The van der Waals surface area contributed by atoms with Crippen LogP contribution in [0.4, 0.5) is 0 Å². The maximum absolute atomic E-state index is 8.66. The van der Waals surface area contributed by atoms with E-state index in [1.165, 1.54) is 0 Å². The molecule has 80 valence electrons. The van der Waals surface area contributed by atoms with Crippen molar-refractivity contribution in [3.8, 4) is 0 Å². The number of hydrogen-bond donors (Lipinski definition) is 2. The van der Waals surface area contributed by atoms with Crippen molar-refractivity contribution in [3.63, 3.8) is 0 Å². The zero-order valence-electron chi connectivity index (χ0n) is 8.74. The Morgan fingerprint density at radius 1 is 1.57 bits per heavy atom. The molecule has 4 nitrogen and oxygen atoms in total. The summed E-state index contributed by atoms with van der Waals surface area (Å²) in [5.74, 6) is 0. The SMILES string of the molecule is CCCNCc1cn(CCCO)cn1. The highest BCUT2D eigenvalue weighted by atomic mass is 16.3. The van der Waals surface area contributed by atoms with Gasteiger partial charge in [0.1, 0.15) is 0 Å². The minimum Gasteiger partial charge on any atom is -0.396 e. The van der Waals surface area contributed by atoms with Crippen LogP contribution in [0.1, 0.15) is 25.5 Å². The monoisotopic (exact) mass is 197 g/mol. The van der Waals surface area contributed by atoms with E-state index in [0.29, 0.717) is 0 Å². The molecule has 4 heteroatoms. The van der Waals surface area contributed by atoms with Crippen molar-refractivity contribution in [1.82, 2.24) is 14.9 Å². The highest BCUT2D eigenvalue weighted by molar-refractivity contribution is 4.95. The third-order valence-corrected chi connectivity index (χ3v) is 1.99. The van der Waals surface area contributed by atoms with E-state index in [1.807, 2.05) is 17.1 Å². The van der Waals surface area contributed by atoms with Crippen molar-refractivity contribution in [2.75, 3.05) is 13.2 Å². The predicted molar refractivity (Wildman–Crippen MR) is 55.9 cm³/mol. The number of aliphatic hydroxyl groups excluding tert-OH is 1. The van der Waals surface area contributed by atoms with E-state index in [-0.39, 0.29) is 6.61 Å². The predicted octanol–water partition coefficient (Wildman–Crippen LogP) is 0.765. The molecule has 0 unspecified atom stereocenters. The standard InChI is InChI=1S/C10H19N3O/c1-2-4-11-7-10-8-13(9-12-10)5-3-6-14/h8-9,11,14H,2-7H2,1H3. The van der Waals surface area contributed by atoms with Crippen molar-refractivity contribution < 1.29 is 5.11 Å². The largest absolute Gasteiger partial charge is 0.396 e. The highest BCUT2D eigenvalue weighted by Crippen LogP contribution is 1.97. The minimum atomic E-state index is 0.238. The molecule has 0 fully saturated rings. The molecule has 14 heavy (non-hydrogen) atoms. The van der Waals surface area contributed by atoms with Crippen LogP contribution in [0.25, 0.3) is 0 Å². The Labute approximate surface area is 85.0 Å². The molecule has 0 spiro atoms. The van der Waals surface area contributed by atoms with Gasteiger partial charge in [0.05, 0.1) is 12.0 Å². The Balaban J connectivity index is 2.27. The average molecular weight is 197 g/mol. The molecule has 0 saturated carbocycles. The van der Waals surface area contributed by atoms with Gasteiger partial charge in [-0.25, -0.2) is 4.98 Å². The summed E-state index contributed by atoms with van der Waals surface area (Å²) < 4.78 is 2.01. The fraction of sp³-hybridized carbons (Fsp3) is 0.700. The Hall–Kier alpha value is -0.870. The molecule has 1 aromatic rings. The van der Waals surface area contributed by atoms with Gasteiger partial charge in [-0.05, 0) is 19.4 Å². The lowest BCUT2D eigenvalue weighted by molar-refractivity contribution is 0.279. The maximum atomic E-state index is 8.66. The van der Waals surface area contributed by atoms with Crippen molar-refractivity contribution >= 4 is 0 Å². The van der Waals surface area contributed by atoms with Crippen LogP contribution in [0.2, 0.25) is 0 Å². The fourth-order valence-electron chi connectivity index (χ4n) is 1.27. The number of rotatable bonds is 7. The Morgan fingerprint density at radius 2 is 2.43 bits per heavy atom. The summed E-state index contributed by atoms with van der Waals surface area (Å²) in [5.41, 5.74) is 1.07. The van der Waals surface area contributed by atoms with E-state index in [9.17, 15) is 0 Å². The molecule has 0 atom stereocenters. The summed E-state index contributed by atoms with van der Waals surface area (Å²) in [7, 11) is 0. The molecule has 0 aliphatic rings. The number of imidazole rings is 1. The summed E-state index contributed by atoms with van der Waals surface area (Å²) in [5, 5.41) is 12.0. The van der Waals surface area contributed by atoms with Crippen LogP contribution in [0.3, 0.4) is 0 Å². The number of nitrogens with zero attached hydrogens (tertiary/aromatic N) is 2. The first-order valence-electron chi connectivity index (χ1n) is 5.19. The van der Waals surface area contributed by atoms with Gasteiger partial charge >= 0.3 is 0 Å². The molecule has 0 amide bonds. The van der Waals surface area contributed by atoms with Gasteiger partial charge in [-0.1, -0.05) is 6.92 Å². The third-order valence-electron chi connectivity index (χ3n) is 1.99. The van der Waals surface area contributed by atoms with Crippen LogP contribution in [0.15, 0.2) is 12.5 Å². The lowest BCUT2D eigenvalue weighted by Crippen LogP contribution is -2.13. The number of hydrogen-bond acceptors (Lipinski definition) is 3. The highest BCUT2D eigenvalue weighted by Gasteiger charge is 1.97. The van der Waals surface area contributed by atoms with Crippen molar-refractivity contribution in [3.05, 3.63) is 18.2 Å². The normalized spacial score (nSPS) is 10.7. The second kappa shape index (κ2) is 6.56. The van der Waals surface area contributed by atoms with Crippen LogP contribution in [-0.2, 0) is 13.1 Å². The van der Waals surface area contributed by atoms with E-state index < -0.39 is 0 Å². The van der Waals surface area contributed by atoms with Gasteiger partial charge < -0.3 is 15.0 Å². The van der Waals surface area contributed by atoms with Gasteiger partial charge in [0, 0.05) is 25.9 Å². The molecular formula is C10H19N3O. The van der Waals surface area contributed by atoms with Crippen molar-refractivity contribution in [2.45, 2.75) is 32.9 Å². The van der Waals surface area contributed by atoms with E-state index in [4.69, 9.17) is 5.11 Å². The summed E-state index contributed by atoms with van der Waals surface area (Å²) in [6, 6.07) is 0. The smallest absolute Gasteiger partial charge is 0.0949 e. The van der Waals surface area contributed by atoms with Gasteiger partial charge in [-0.15, -0.1) is 0 Å². The average Bonchev–Trinajstić information content (AvgIpc) is 2.63. The first kappa shape index (κ1) is 11.2. The molecule has 1 rings (SSSR count). The zero-order valence-corrected chi connectivity index (χ0v) is 8.74. The molecule has 0 bridgehead atoms. The van der Waals surface area contributed by atoms with Gasteiger partial charge in [-0.2, -0.15) is 0 Å². The van der Waals surface area contributed by atoms with Gasteiger partial charge in [-0.3, -0.25) is 0 Å². The van der Waals surface area contributed by atoms with Gasteiger partial charge in [0.2, 0.25) is 0 Å². The first-order chi connectivity index (χ1) is 6.86. The molecule has 2 N–H and O–H groups in total. The Morgan fingerprint density at radius 3 is 3.14 bits per heavy atom. The van der Waals surface area contributed by atoms with Crippen LogP contribution >= 0.6 is 0 Å². The summed E-state index contributed by atoms with van der Waals surface area (Å²) in [4.78, 5) is 4.26. The minimum absolute atomic E-state index is 0.238. The zero-order chi connectivity index (χ0) is 10.2. The lowest BCUT2D eigenvalue weighted by Gasteiger charge is -1.99. The fourth-order valence-corrected chi connectivity index (χ4v) is 1.27. The summed E-state index contributed by atoms with van der Waals surface area (Å²) in [6.45, 7) is 5.09. The van der Waals surface area contributed by atoms with Crippen LogP contribution < -0.4 is 5.32 Å².